The van der Waals surface area contributed by atoms with Crippen LogP contribution in [0.4, 0.5) is 0 Å². The Balaban J connectivity index is 1.97. The highest BCUT2D eigenvalue weighted by Gasteiger charge is 2.18. The molecule has 1 aliphatic carbocycles. The molecule has 2 N–H and O–H groups in total. The van der Waals surface area contributed by atoms with Gasteiger partial charge in [0.15, 0.2) is 0 Å². The summed E-state index contributed by atoms with van der Waals surface area (Å²) < 4.78 is 5.15. The third-order valence-electron chi connectivity index (χ3n) is 3.74. The van der Waals surface area contributed by atoms with Crippen molar-refractivity contribution in [2.45, 2.75) is 44.2 Å². The van der Waals surface area contributed by atoms with E-state index in [1.807, 2.05) is 24.3 Å². The van der Waals surface area contributed by atoms with Gasteiger partial charge in [0, 0.05) is 6.04 Å². The second kappa shape index (κ2) is 6.76. The maximum absolute atomic E-state index is 9.54. The molecule has 0 saturated heterocycles. The minimum atomic E-state index is 0.0407. The highest BCUT2D eigenvalue weighted by molar-refractivity contribution is 5.29. The van der Waals surface area contributed by atoms with E-state index in [9.17, 15) is 5.11 Å². The van der Waals surface area contributed by atoms with Crippen molar-refractivity contribution in [1.29, 1.82) is 0 Å². The second-order valence-corrected chi connectivity index (χ2v) is 5.01. The monoisotopic (exact) mass is 249 g/mol. The SMILES string of the molecule is COc1ccc(C(CO)NC2CCCCC2)cc1. The van der Waals surface area contributed by atoms with Crippen LogP contribution in [0.5, 0.6) is 5.75 Å². The third-order valence-corrected chi connectivity index (χ3v) is 3.74. The average Bonchev–Trinajstić information content (AvgIpc) is 2.46. The van der Waals surface area contributed by atoms with Crippen LogP contribution in [0.1, 0.15) is 43.7 Å². The van der Waals surface area contributed by atoms with Crippen molar-refractivity contribution in [3.8, 4) is 5.75 Å². The van der Waals surface area contributed by atoms with Crippen molar-refractivity contribution in [2.75, 3.05) is 13.7 Å². The van der Waals surface area contributed by atoms with Gasteiger partial charge in [0.2, 0.25) is 0 Å². The summed E-state index contributed by atoms with van der Waals surface area (Å²) in [6.07, 6.45) is 6.42. The van der Waals surface area contributed by atoms with Crippen LogP contribution >= 0.6 is 0 Å². The molecule has 1 aromatic rings. The number of hydrogen-bond donors (Lipinski definition) is 2. The van der Waals surface area contributed by atoms with Crippen molar-refractivity contribution in [3.05, 3.63) is 29.8 Å². The Hall–Kier alpha value is -1.06. The lowest BCUT2D eigenvalue weighted by atomic mass is 9.94. The van der Waals surface area contributed by atoms with Crippen LogP contribution in [-0.4, -0.2) is 24.9 Å². The van der Waals surface area contributed by atoms with E-state index < -0.39 is 0 Å². The van der Waals surface area contributed by atoms with Gasteiger partial charge in [-0.3, -0.25) is 0 Å². The predicted octanol–water partition coefficient (Wildman–Crippen LogP) is 2.65. The molecule has 1 fully saturated rings. The molecule has 1 atom stereocenters. The van der Waals surface area contributed by atoms with Crippen LogP contribution in [-0.2, 0) is 0 Å². The van der Waals surface area contributed by atoms with Crippen molar-refractivity contribution >= 4 is 0 Å². The van der Waals surface area contributed by atoms with Gasteiger partial charge in [-0.05, 0) is 30.5 Å². The number of aliphatic hydroxyl groups is 1. The zero-order valence-electron chi connectivity index (χ0n) is 11.1. The Morgan fingerprint density at radius 3 is 2.44 bits per heavy atom. The molecule has 1 unspecified atom stereocenters. The molecule has 1 saturated carbocycles. The largest absolute Gasteiger partial charge is 0.497 e. The first-order chi connectivity index (χ1) is 8.83. The van der Waals surface area contributed by atoms with Gasteiger partial charge in [0.1, 0.15) is 5.75 Å². The fourth-order valence-electron chi connectivity index (χ4n) is 2.64. The van der Waals surface area contributed by atoms with E-state index >= 15 is 0 Å². The van der Waals surface area contributed by atoms with Gasteiger partial charge in [-0.2, -0.15) is 0 Å². The molecule has 0 spiro atoms. The van der Waals surface area contributed by atoms with E-state index in [0.29, 0.717) is 6.04 Å². The first-order valence-electron chi connectivity index (χ1n) is 6.84. The van der Waals surface area contributed by atoms with Crippen LogP contribution < -0.4 is 10.1 Å². The summed E-state index contributed by atoms with van der Waals surface area (Å²) in [7, 11) is 1.67. The van der Waals surface area contributed by atoms with Crippen LogP contribution in [0.2, 0.25) is 0 Å². The molecule has 0 aromatic heterocycles. The second-order valence-electron chi connectivity index (χ2n) is 5.01. The quantitative estimate of drug-likeness (QED) is 0.843. The molecule has 1 aromatic carbocycles. The maximum Gasteiger partial charge on any atom is 0.118 e. The summed E-state index contributed by atoms with van der Waals surface area (Å²) in [4.78, 5) is 0. The van der Waals surface area contributed by atoms with Crippen molar-refractivity contribution < 1.29 is 9.84 Å². The zero-order valence-corrected chi connectivity index (χ0v) is 11.1. The number of rotatable bonds is 5. The van der Waals surface area contributed by atoms with Crippen LogP contribution in [0.25, 0.3) is 0 Å². The minimum absolute atomic E-state index is 0.0407. The molecule has 1 aliphatic rings. The third kappa shape index (κ3) is 3.47. The summed E-state index contributed by atoms with van der Waals surface area (Å²) in [5.41, 5.74) is 1.13. The molecule has 3 nitrogen and oxygen atoms in total. The van der Waals surface area contributed by atoms with Gasteiger partial charge in [0.05, 0.1) is 19.8 Å². The van der Waals surface area contributed by atoms with E-state index in [2.05, 4.69) is 5.32 Å². The van der Waals surface area contributed by atoms with E-state index in [0.717, 1.165) is 11.3 Å². The summed E-state index contributed by atoms with van der Waals surface area (Å²) >= 11 is 0. The Morgan fingerprint density at radius 1 is 1.22 bits per heavy atom. The van der Waals surface area contributed by atoms with Crippen molar-refractivity contribution in [1.82, 2.24) is 5.32 Å². The number of ether oxygens (including phenoxy) is 1. The van der Waals surface area contributed by atoms with Gasteiger partial charge >= 0.3 is 0 Å². The molecule has 0 heterocycles. The Morgan fingerprint density at radius 2 is 1.89 bits per heavy atom. The molecule has 2 rings (SSSR count). The molecule has 0 radical (unpaired) electrons. The zero-order chi connectivity index (χ0) is 12.8. The topological polar surface area (TPSA) is 41.5 Å². The predicted molar refractivity (Wildman–Crippen MR) is 72.8 cm³/mol. The van der Waals surface area contributed by atoms with Crippen LogP contribution in [0.15, 0.2) is 24.3 Å². The highest BCUT2D eigenvalue weighted by Crippen LogP contribution is 2.22. The first-order valence-corrected chi connectivity index (χ1v) is 6.84. The van der Waals surface area contributed by atoms with Gasteiger partial charge in [0.25, 0.3) is 0 Å². The van der Waals surface area contributed by atoms with Crippen molar-refractivity contribution in [2.24, 2.45) is 0 Å². The number of hydrogen-bond acceptors (Lipinski definition) is 3. The lowest BCUT2D eigenvalue weighted by Crippen LogP contribution is -2.36. The Labute approximate surface area is 109 Å². The molecule has 3 heteroatoms. The van der Waals surface area contributed by atoms with Crippen LogP contribution in [0, 0.1) is 0 Å². The number of methoxy groups -OCH3 is 1. The van der Waals surface area contributed by atoms with Crippen LogP contribution in [0.3, 0.4) is 0 Å². The lowest BCUT2D eigenvalue weighted by molar-refractivity contribution is 0.220. The highest BCUT2D eigenvalue weighted by atomic mass is 16.5. The lowest BCUT2D eigenvalue weighted by Gasteiger charge is -2.28. The summed E-state index contributed by atoms with van der Waals surface area (Å²) in [6.45, 7) is 0.142. The molecule has 100 valence electrons. The molecule has 0 aliphatic heterocycles. The standard InChI is InChI=1S/C15H23NO2/c1-18-14-9-7-12(8-10-14)15(11-17)16-13-5-3-2-4-6-13/h7-10,13,15-17H,2-6,11H2,1H3. The van der Waals surface area contributed by atoms with Gasteiger partial charge in [-0.25, -0.2) is 0 Å². The van der Waals surface area contributed by atoms with E-state index in [4.69, 9.17) is 4.74 Å². The van der Waals surface area contributed by atoms with Gasteiger partial charge in [-0.15, -0.1) is 0 Å². The summed E-state index contributed by atoms with van der Waals surface area (Å²) in [6, 6.07) is 8.53. The minimum Gasteiger partial charge on any atom is -0.497 e. The van der Waals surface area contributed by atoms with Gasteiger partial charge < -0.3 is 15.2 Å². The average molecular weight is 249 g/mol. The molecule has 0 amide bonds. The van der Waals surface area contributed by atoms with Gasteiger partial charge in [-0.1, -0.05) is 31.4 Å². The fraction of sp³-hybridized carbons (Fsp3) is 0.600. The Kier molecular flexibility index (Phi) is 5.02. The number of aliphatic hydroxyl groups excluding tert-OH is 1. The first kappa shape index (κ1) is 13.4. The Bertz CT molecular complexity index is 344. The summed E-state index contributed by atoms with van der Waals surface area (Å²) in [5, 5.41) is 13.1. The maximum atomic E-state index is 9.54. The number of benzene rings is 1. The normalized spacial score (nSPS) is 18.6. The van der Waals surface area contributed by atoms with E-state index in [1.165, 1.54) is 32.1 Å². The molecule has 0 bridgehead atoms. The van der Waals surface area contributed by atoms with Crippen molar-refractivity contribution in [3.63, 3.8) is 0 Å². The van der Waals surface area contributed by atoms with E-state index in [-0.39, 0.29) is 12.6 Å². The fourth-order valence-corrected chi connectivity index (χ4v) is 2.64. The molecular weight excluding hydrogens is 226 g/mol. The summed E-state index contributed by atoms with van der Waals surface area (Å²) in [5.74, 6) is 0.855. The molecular formula is C15H23NO2. The van der Waals surface area contributed by atoms with E-state index in [1.54, 1.807) is 7.11 Å². The smallest absolute Gasteiger partial charge is 0.118 e. The molecule has 18 heavy (non-hydrogen) atoms. The number of nitrogens with one attached hydrogen (secondary N) is 1.